The fourth-order valence-electron chi connectivity index (χ4n) is 3.83. The van der Waals surface area contributed by atoms with E-state index >= 15 is 0 Å². The van der Waals surface area contributed by atoms with Crippen molar-refractivity contribution in [2.24, 2.45) is 5.92 Å². The molecule has 4 rings (SSSR count). The molecule has 1 aromatic heterocycles. The number of nitrogens with zero attached hydrogens (tertiary/aromatic N) is 2. The van der Waals surface area contributed by atoms with Gasteiger partial charge in [0.2, 0.25) is 5.91 Å². The van der Waals surface area contributed by atoms with Gasteiger partial charge in [0.05, 0.1) is 23.1 Å². The van der Waals surface area contributed by atoms with Crippen molar-refractivity contribution in [3.05, 3.63) is 70.5 Å². The van der Waals surface area contributed by atoms with Crippen LogP contribution in [-0.4, -0.2) is 15.5 Å². The van der Waals surface area contributed by atoms with Crippen molar-refractivity contribution < 1.29 is 9.18 Å². The van der Waals surface area contributed by atoms with Gasteiger partial charge in [-0.05, 0) is 49.2 Å². The monoisotopic (exact) mass is 379 g/mol. The summed E-state index contributed by atoms with van der Waals surface area (Å²) in [6.07, 6.45) is 5.14. The molecule has 1 saturated carbocycles. The Kier molecular flexibility index (Phi) is 5.19. The zero-order valence-corrected chi connectivity index (χ0v) is 15.5. The van der Waals surface area contributed by atoms with Crippen molar-refractivity contribution in [3.8, 4) is 5.69 Å². The van der Waals surface area contributed by atoms with Crippen LogP contribution in [0.15, 0.2) is 53.3 Å². The maximum atomic E-state index is 13.4. The molecule has 3 aromatic rings. The number of aromatic nitrogens is 2. The number of fused-ring (bicyclic) bond motifs is 1. The van der Waals surface area contributed by atoms with Crippen LogP contribution in [0.5, 0.6) is 0 Å². The van der Waals surface area contributed by atoms with E-state index in [1.54, 1.807) is 30.3 Å². The Morgan fingerprint density at radius 2 is 1.79 bits per heavy atom. The highest BCUT2D eigenvalue weighted by molar-refractivity contribution is 5.79. The fourth-order valence-corrected chi connectivity index (χ4v) is 3.83. The first-order valence-corrected chi connectivity index (χ1v) is 9.68. The first kappa shape index (κ1) is 18.3. The Balaban J connectivity index is 1.71. The normalized spacial score (nSPS) is 14.9. The average molecular weight is 379 g/mol. The van der Waals surface area contributed by atoms with Crippen molar-refractivity contribution in [1.29, 1.82) is 0 Å². The Labute approximate surface area is 162 Å². The van der Waals surface area contributed by atoms with E-state index in [0.29, 0.717) is 22.4 Å². The molecule has 144 valence electrons. The zero-order valence-electron chi connectivity index (χ0n) is 15.5. The van der Waals surface area contributed by atoms with E-state index in [2.05, 4.69) is 10.3 Å². The lowest BCUT2D eigenvalue weighted by atomic mass is 9.89. The van der Waals surface area contributed by atoms with E-state index in [-0.39, 0.29) is 29.7 Å². The number of nitrogens with one attached hydrogen (secondary N) is 1. The Bertz CT molecular complexity index is 1050. The van der Waals surface area contributed by atoms with Gasteiger partial charge in [-0.3, -0.25) is 14.2 Å². The van der Waals surface area contributed by atoms with Crippen LogP contribution in [0.2, 0.25) is 0 Å². The molecule has 1 aliphatic carbocycles. The largest absolute Gasteiger partial charge is 0.349 e. The van der Waals surface area contributed by atoms with Crippen LogP contribution < -0.4 is 10.9 Å². The molecule has 2 aromatic carbocycles. The first-order valence-electron chi connectivity index (χ1n) is 9.68. The third kappa shape index (κ3) is 3.67. The van der Waals surface area contributed by atoms with E-state index in [9.17, 15) is 14.0 Å². The summed E-state index contributed by atoms with van der Waals surface area (Å²) in [4.78, 5) is 30.2. The predicted octanol–water partition coefficient (Wildman–Crippen LogP) is 3.72. The van der Waals surface area contributed by atoms with Crippen molar-refractivity contribution in [1.82, 2.24) is 14.9 Å². The summed E-state index contributed by atoms with van der Waals surface area (Å²) in [5.74, 6) is 0.0881. The molecule has 0 unspecified atom stereocenters. The molecule has 1 heterocycles. The van der Waals surface area contributed by atoms with Crippen molar-refractivity contribution >= 4 is 16.8 Å². The maximum Gasteiger partial charge on any atom is 0.266 e. The molecule has 1 N–H and O–H groups in total. The van der Waals surface area contributed by atoms with Gasteiger partial charge in [0, 0.05) is 5.92 Å². The van der Waals surface area contributed by atoms with E-state index in [0.717, 1.165) is 25.7 Å². The summed E-state index contributed by atoms with van der Waals surface area (Å²) in [6.45, 7) is 0.146. The second-order valence-corrected chi connectivity index (χ2v) is 7.21. The van der Waals surface area contributed by atoms with Crippen molar-refractivity contribution in [2.45, 2.75) is 38.6 Å². The quantitative estimate of drug-likeness (QED) is 0.751. The van der Waals surface area contributed by atoms with Crippen LogP contribution in [0.25, 0.3) is 16.6 Å². The highest BCUT2D eigenvalue weighted by Gasteiger charge is 2.21. The highest BCUT2D eigenvalue weighted by atomic mass is 19.1. The number of hydrogen-bond donors (Lipinski definition) is 1. The lowest BCUT2D eigenvalue weighted by Gasteiger charge is -2.21. The van der Waals surface area contributed by atoms with Crippen LogP contribution in [0.3, 0.4) is 0 Å². The van der Waals surface area contributed by atoms with E-state index in [4.69, 9.17) is 0 Å². The van der Waals surface area contributed by atoms with Crippen LogP contribution in [-0.2, 0) is 11.3 Å². The number of rotatable bonds is 4. The number of carbonyl (C=O) groups is 1. The predicted molar refractivity (Wildman–Crippen MR) is 106 cm³/mol. The SMILES string of the molecule is O=C(NCc1nc2ccccc2c(=O)n1-c1ccc(F)cc1)C1CCCCC1. The number of halogens is 1. The molecule has 28 heavy (non-hydrogen) atoms. The molecule has 1 fully saturated rings. The molecule has 0 radical (unpaired) electrons. The summed E-state index contributed by atoms with van der Waals surface area (Å²) in [5, 5.41) is 3.43. The maximum absolute atomic E-state index is 13.4. The molecule has 5 nitrogen and oxygen atoms in total. The molecule has 0 bridgehead atoms. The standard InChI is InChI=1S/C22H22FN3O2/c23-16-10-12-17(13-11-16)26-20(14-24-21(27)15-6-2-1-3-7-15)25-19-9-5-4-8-18(19)22(26)28/h4-5,8-13,15H,1-3,6-7,14H2,(H,24,27). The van der Waals surface area contributed by atoms with Gasteiger partial charge in [-0.25, -0.2) is 9.37 Å². The molecule has 0 spiro atoms. The van der Waals surface area contributed by atoms with Gasteiger partial charge in [0.15, 0.2) is 0 Å². The Hall–Kier alpha value is -3.02. The minimum atomic E-state index is -0.377. The van der Waals surface area contributed by atoms with Gasteiger partial charge >= 0.3 is 0 Å². The van der Waals surface area contributed by atoms with E-state index in [1.807, 2.05) is 6.07 Å². The topological polar surface area (TPSA) is 64.0 Å². The van der Waals surface area contributed by atoms with Crippen LogP contribution in [0.4, 0.5) is 4.39 Å². The van der Waals surface area contributed by atoms with Crippen molar-refractivity contribution in [3.63, 3.8) is 0 Å². The van der Waals surface area contributed by atoms with Gasteiger partial charge in [0.1, 0.15) is 11.6 Å². The van der Waals surface area contributed by atoms with E-state index < -0.39 is 0 Å². The van der Waals surface area contributed by atoms with Gasteiger partial charge in [-0.1, -0.05) is 31.4 Å². The lowest BCUT2D eigenvalue weighted by molar-refractivity contribution is -0.126. The first-order chi connectivity index (χ1) is 13.6. The molecule has 1 amide bonds. The number of amides is 1. The summed E-state index contributed by atoms with van der Waals surface area (Å²) in [5.41, 5.74) is 0.860. The third-order valence-electron chi connectivity index (χ3n) is 5.33. The number of benzene rings is 2. The van der Waals surface area contributed by atoms with E-state index in [1.165, 1.54) is 23.1 Å². The summed E-state index contributed by atoms with van der Waals surface area (Å²) in [6, 6.07) is 12.8. The Morgan fingerprint density at radius 3 is 2.54 bits per heavy atom. The number of hydrogen-bond acceptors (Lipinski definition) is 3. The van der Waals surface area contributed by atoms with Crippen LogP contribution in [0, 0.1) is 11.7 Å². The average Bonchev–Trinajstić information content (AvgIpc) is 2.74. The summed E-state index contributed by atoms with van der Waals surface area (Å²) >= 11 is 0. The zero-order chi connectivity index (χ0) is 19.5. The van der Waals surface area contributed by atoms with Gasteiger partial charge in [-0.2, -0.15) is 0 Å². The summed E-state index contributed by atoms with van der Waals surface area (Å²) < 4.78 is 14.8. The fraction of sp³-hybridized carbons (Fsp3) is 0.318. The number of carbonyl (C=O) groups excluding carboxylic acids is 1. The van der Waals surface area contributed by atoms with Crippen LogP contribution in [0.1, 0.15) is 37.9 Å². The van der Waals surface area contributed by atoms with Crippen molar-refractivity contribution in [2.75, 3.05) is 0 Å². The molecule has 0 saturated heterocycles. The highest BCUT2D eigenvalue weighted by Crippen LogP contribution is 2.23. The minimum Gasteiger partial charge on any atom is -0.349 e. The van der Waals surface area contributed by atoms with Gasteiger partial charge in [0.25, 0.3) is 5.56 Å². The smallest absolute Gasteiger partial charge is 0.266 e. The number of para-hydroxylation sites is 1. The molecular formula is C22H22FN3O2. The molecular weight excluding hydrogens is 357 g/mol. The Morgan fingerprint density at radius 1 is 1.07 bits per heavy atom. The second-order valence-electron chi connectivity index (χ2n) is 7.21. The molecule has 0 atom stereocenters. The second kappa shape index (κ2) is 7.92. The molecule has 1 aliphatic rings. The third-order valence-corrected chi connectivity index (χ3v) is 5.33. The molecule has 0 aliphatic heterocycles. The summed E-state index contributed by atoms with van der Waals surface area (Å²) in [7, 11) is 0. The van der Waals surface area contributed by atoms with Crippen LogP contribution >= 0.6 is 0 Å². The lowest BCUT2D eigenvalue weighted by Crippen LogP contribution is -2.34. The van der Waals surface area contributed by atoms with Gasteiger partial charge < -0.3 is 5.32 Å². The van der Waals surface area contributed by atoms with Gasteiger partial charge in [-0.15, -0.1) is 0 Å². The molecule has 6 heteroatoms. The minimum absolute atomic E-state index is 0.00719.